The molecule has 0 unspecified atom stereocenters. The minimum Gasteiger partial charge on any atom is -0.462 e. The highest BCUT2D eigenvalue weighted by Crippen LogP contribution is 2.30. The van der Waals surface area contributed by atoms with E-state index in [2.05, 4.69) is 20.8 Å². The summed E-state index contributed by atoms with van der Waals surface area (Å²) in [6.07, 6.45) is -4.57. The molecule has 8 nitrogen and oxygen atoms in total. The maximum atomic E-state index is 12.8. The zero-order valence-corrected chi connectivity index (χ0v) is 19.1. The number of hydrogen-bond acceptors (Lipinski definition) is 8. The van der Waals surface area contributed by atoms with Gasteiger partial charge in [-0.25, -0.2) is 4.79 Å². The van der Waals surface area contributed by atoms with Gasteiger partial charge in [-0.2, -0.15) is 13.2 Å². The van der Waals surface area contributed by atoms with Crippen LogP contribution in [0.5, 0.6) is 0 Å². The number of anilines is 2. The van der Waals surface area contributed by atoms with E-state index in [9.17, 15) is 27.6 Å². The van der Waals surface area contributed by atoms with E-state index in [1.807, 2.05) is 0 Å². The Hall–Kier alpha value is -3.45. The molecule has 2 aromatic carbocycles. The highest BCUT2D eigenvalue weighted by molar-refractivity contribution is 8.01. The lowest BCUT2D eigenvalue weighted by Crippen LogP contribution is -2.17. The first-order valence-electron chi connectivity index (χ1n) is 9.68. The van der Waals surface area contributed by atoms with Gasteiger partial charge >= 0.3 is 12.1 Å². The molecule has 0 saturated carbocycles. The molecule has 0 bridgehead atoms. The SMILES string of the molecule is CCOC(=O)c1ccccc1NC(=O)CSc1nnc(NC(=O)c2cccc(C(F)(F)F)c2)s1. The smallest absolute Gasteiger partial charge is 0.416 e. The number of ether oxygens (including phenoxy) is 1. The molecule has 3 rings (SSSR count). The van der Waals surface area contributed by atoms with Crippen LogP contribution in [-0.4, -0.2) is 40.3 Å². The number of nitrogens with zero attached hydrogens (tertiary/aromatic N) is 2. The Morgan fingerprint density at radius 3 is 2.56 bits per heavy atom. The van der Waals surface area contributed by atoms with Crippen LogP contribution in [0.3, 0.4) is 0 Å². The number of para-hydroxylation sites is 1. The molecule has 0 fully saturated rings. The van der Waals surface area contributed by atoms with E-state index in [-0.39, 0.29) is 28.6 Å². The van der Waals surface area contributed by atoms with Gasteiger partial charge in [-0.15, -0.1) is 10.2 Å². The molecule has 178 valence electrons. The quantitative estimate of drug-likeness (QED) is 0.256. The van der Waals surface area contributed by atoms with Crippen molar-refractivity contribution in [1.82, 2.24) is 10.2 Å². The number of benzene rings is 2. The van der Waals surface area contributed by atoms with Crippen LogP contribution in [0.4, 0.5) is 24.0 Å². The van der Waals surface area contributed by atoms with Crippen LogP contribution in [0.1, 0.15) is 33.2 Å². The van der Waals surface area contributed by atoms with Crippen molar-refractivity contribution in [2.45, 2.75) is 17.4 Å². The number of aromatic nitrogens is 2. The summed E-state index contributed by atoms with van der Waals surface area (Å²) < 4.78 is 43.8. The van der Waals surface area contributed by atoms with Gasteiger partial charge in [0.1, 0.15) is 0 Å². The molecule has 1 heterocycles. The third-order valence-electron chi connectivity index (χ3n) is 4.10. The lowest BCUT2D eigenvalue weighted by Gasteiger charge is -2.09. The summed E-state index contributed by atoms with van der Waals surface area (Å²) in [5.74, 6) is -1.80. The molecule has 0 spiro atoms. The first kappa shape index (κ1) is 25.2. The molecule has 0 aliphatic carbocycles. The first-order chi connectivity index (χ1) is 16.2. The van der Waals surface area contributed by atoms with E-state index in [4.69, 9.17) is 4.74 Å². The summed E-state index contributed by atoms with van der Waals surface area (Å²) in [7, 11) is 0. The van der Waals surface area contributed by atoms with Gasteiger partial charge in [0.2, 0.25) is 11.0 Å². The molecule has 1 aromatic heterocycles. The molecule has 3 aromatic rings. The number of thioether (sulfide) groups is 1. The van der Waals surface area contributed by atoms with E-state index in [0.29, 0.717) is 10.0 Å². The van der Waals surface area contributed by atoms with Crippen molar-refractivity contribution in [3.8, 4) is 0 Å². The number of carbonyl (C=O) groups is 3. The number of rotatable bonds is 8. The standard InChI is InChI=1S/C21H17F3N4O4S2/c1-2-32-18(31)14-8-3-4-9-15(14)25-16(29)11-33-20-28-27-19(34-20)26-17(30)12-6-5-7-13(10-12)21(22,23)24/h3-10H,2,11H2,1H3,(H,25,29)(H,26,27,30). The first-order valence-corrected chi connectivity index (χ1v) is 11.5. The number of esters is 1. The molecule has 0 aliphatic rings. The highest BCUT2D eigenvalue weighted by atomic mass is 32.2. The zero-order valence-electron chi connectivity index (χ0n) is 17.5. The van der Waals surface area contributed by atoms with E-state index >= 15 is 0 Å². The normalized spacial score (nSPS) is 11.1. The van der Waals surface area contributed by atoms with Crippen LogP contribution in [-0.2, 0) is 15.7 Å². The third kappa shape index (κ3) is 6.78. The van der Waals surface area contributed by atoms with Crippen molar-refractivity contribution in [2.75, 3.05) is 23.0 Å². The predicted molar refractivity (Wildman–Crippen MR) is 121 cm³/mol. The van der Waals surface area contributed by atoms with Gasteiger partial charge in [0.15, 0.2) is 4.34 Å². The fourth-order valence-corrected chi connectivity index (χ4v) is 4.16. The summed E-state index contributed by atoms with van der Waals surface area (Å²) in [5, 5.41) is 12.7. The Balaban J connectivity index is 1.56. The van der Waals surface area contributed by atoms with E-state index in [1.54, 1.807) is 25.1 Å². The summed E-state index contributed by atoms with van der Waals surface area (Å²) in [5.41, 5.74) is -0.598. The lowest BCUT2D eigenvalue weighted by molar-refractivity contribution is -0.137. The fourth-order valence-electron chi connectivity index (χ4n) is 2.62. The fraction of sp³-hybridized carbons (Fsp3) is 0.190. The maximum absolute atomic E-state index is 12.8. The van der Waals surface area contributed by atoms with Gasteiger partial charge < -0.3 is 10.1 Å². The number of alkyl halides is 3. The maximum Gasteiger partial charge on any atom is 0.416 e. The van der Waals surface area contributed by atoms with Crippen molar-refractivity contribution in [2.24, 2.45) is 0 Å². The molecule has 34 heavy (non-hydrogen) atoms. The highest BCUT2D eigenvalue weighted by Gasteiger charge is 2.31. The van der Waals surface area contributed by atoms with Gasteiger partial charge in [0.25, 0.3) is 5.91 Å². The van der Waals surface area contributed by atoms with E-state index in [1.165, 1.54) is 12.1 Å². The molecule has 0 radical (unpaired) electrons. The molecule has 13 heteroatoms. The Morgan fingerprint density at radius 1 is 1.06 bits per heavy atom. The predicted octanol–water partition coefficient (Wildman–Crippen LogP) is 4.72. The Labute approximate surface area is 199 Å². The van der Waals surface area contributed by atoms with Crippen LogP contribution >= 0.6 is 23.1 Å². The van der Waals surface area contributed by atoms with Gasteiger partial charge in [0, 0.05) is 5.56 Å². The molecule has 0 atom stereocenters. The minimum atomic E-state index is -4.57. The molecular formula is C21H17F3N4O4S2. The van der Waals surface area contributed by atoms with Gasteiger partial charge in [-0.3, -0.25) is 14.9 Å². The van der Waals surface area contributed by atoms with Crippen molar-refractivity contribution < 1.29 is 32.3 Å². The minimum absolute atomic E-state index is 0.0621. The van der Waals surface area contributed by atoms with E-state index < -0.39 is 29.5 Å². The third-order valence-corrected chi connectivity index (χ3v) is 6.07. The van der Waals surface area contributed by atoms with Gasteiger partial charge in [-0.05, 0) is 37.3 Å². The Morgan fingerprint density at radius 2 is 1.82 bits per heavy atom. The number of carbonyl (C=O) groups excluding carboxylic acids is 3. The average Bonchev–Trinajstić information content (AvgIpc) is 3.25. The number of nitrogens with one attached hydrogen (secondary N) is 2. The molecule has 0 aliphatic heterocycles. The number of hydrogen-bond donors (Lipinski definition) is 2. The van der Waals surface area contributed by atoms with Gasteiger partial charge in [0.05, 0.1) is 29.2 Å². The second-order valence-corrected chi connectivity index (χ2v) is 8.71. The largest absolute Gasteiger partial charge is 0.462 e. The van der Waals surface area contributed by atoms with Crippen LogP contribution in [0.2, 0.25) is 0 Å². The zero-order chi connectivity index (χ0) is 24.7. The second kappa shape index (κ2) is 11.1. The lowest BCUT2D eigenvalue weighted by atomic mass is 10.1. The summed E-state index contributed by atoms with van der Waals surface area (Å²) >= 11 is 2.00. The van der Waals surface area contributed by atoms with E-state index in [0.717, 1.165) is 41.3 Å². The molecule has 0 saturated heterocycles. The molecule has 2 amide bonds. The van der Waals surface area contributed by atoms with Crippen LogP contribution in [0.15, 0.2) is 52.9 Å². The number of amides is 2. The molecule has 2 N–H and O–H groups in total. The van der Waals surface area contributed by atoms with Crippen molar-refractivity contribution >= 4 is 51.7 Å². The van der Waals surface area contributed by atoms with Crippen LogP contribution in [0.25, 0.3) is 0 Å². The monoisotopic (exact) mass is 510 g/mol. The summed E-state index contributed by atoms with van der Waals surface area (Å²) in [6.45, 7) is 1.87. The second-order valence-electron chi connectivity index (χ2n) is 6.51. The number of halogens is 3. The van der Waals surface area contributed by atoms with Crippen molar-refractivity contribution in [3.63, 3.8) is 0 Å². The van der Waals surface area contributed by atoms with Crippen molar-refractivity contribution in [1.29, 1.82) is 0 Å². The van der Waals surface area contributed by atoms with Crippen molar-refractivity contribution in [3.05, 3.63) is 65.2 Å². The Bertz CT molecular complexity index is 1200. The average molecular weight is 511 g/mol. The summed E-state index contributed by atoms with van der Waals surface area (Å²) in [6, 6.07) is 10.4. The topological polar surface area (TPSA) is 110 Å². The van der Waals surface area contributed by atoms with Crippen LogP contribution in [0, 0.1) is 0 Å². The summed E-state index contributed by atoms with van der Waals surface area (Å²) in [4.78, 5) is 36.6. The van der Waals surface area contributed by atoms with Crippen LogP contribution < -0.4 is 10.6 Å². The van der Waals surface area contributed by atoms with Gasteiger partial charge in [-0.1, -0.05) is 41.3 Å². The Kier molecular flexibility index (Phi) is 8.23. The molecular weight excluding hydrogens is 493 g/mol.